The number of carbonyl (C=O) groups excluding carboxylic acids is 1. The highest BCUT2D eigenvalue weighted by Gasteiger charge is 2.47. The van der Waals surface area contributed by atoms with Crippen LogP contribution in [0.4, 0.5) is 8.78 Å². The second-order valence-electron chi connectivity index (χ2n) is 3.96. The zero-order valence-corrected chi connectivity index (χ0v) is 9.16. The van der Waals surface area contributed by atoms with Gasteiger partial charge in [-0.05, 0) is 19.4 Å². The lowest BCUT2D eigenvalue weighted by atomic mass is 9.91. The number of alkyl halides is 2. The first kappa shape index (κ1) is 12.6. The molecule has 0 bridgehead atoms. The van der Waals surface area contributed by atoms with Crippen LogP contribution in [0.15, 0.2) is 0 Å². The van der Waals surface area contributed by atoms with E-state index in [4.69, 9.17) is 0 Å². The van der Waals surface area contributed by atoms with E-state index in [1.54, 1.807) is 0 Å². The van der Waals surface area contributed by atoms with Gasteiger partial charge < -0.3 is 10.2 Å². The van der Waals surface area contributed by atoms with E-state index in [0.717, 1.165) is 6.42 Å². The zero-order chi connectivity index (χ0) is 10.2. The highest BCUT2D eigenvalue weighted by Crippen LogP contribution is 2.31. The number of rotatable bonds is 1. The van der Waals surface area contributed by atoms with E-state index in [0.29, 0.717) is 19.6 Å². The molecule has 0 aromatic rings. The molecule has 0 aliphatic carbocycles. The first-order chi connectivity index (χ1) is 6.61. The van der Waals surface area contributed by atoms with Crippen LogP contribution in [0.25, 0.3) is 0 Å². The van der Waals surface area contributed by atoms with Gasteiger partial charge in [0.25, 0.3) is 5.92 Å². The van der Waals surface area contributed by atoms with Gasteiger partial charge >= 0.3 is 0 Å². The van der Waals surface area contributed by atoms with Crippen LogP contribution in [0.1, 0.15) is 12.8 Å². The van der Waals surface area contributed by atoms with Crippen molar-refractivity contribution in [2.45, 2.75) is 18.8 Å². The van der Waals surface area contributed by atoms with Crippen LogP contribution in [0.5, 0.6) is 0 Å². The largest absolute Gasteiger partial charge is 0.342 e. The zero-order valence-electron chi connectivity index (χ0n) is 8.34. The molecule has 2 aliphatic rings. The van der Waals surface area contributed by atoms with E-state index in [-0.39, 0.29) is 31.3 Å². The van der Waals surface area contributed by atoms with Gasteiger partial charge in [0.05, 0.1) is 6.54 Å². The van der Waals surface area contributed by atoms with Crippen LogP contribution in [-0.2, 0) is 4.79 Å². The van der Waals surface area contributed by atoms with Crippen LogP contribution in [0.3, 0.4) is 0 Å². The van der Waals surface area contributed by atoms with Crippen molar-refractivity contribution >= 4 is 18.3 Å². The third-order valence-corrected chi connectivity index (χ3v) is 2.95. The van der Waals surface area contributed by atoms with Gasteiger partial charge in [-0.3, -0.25) is 4.79 Å². The lowest BCUT2D eigenvalue weighted by molar-refractivity contribution is -0.156. The Labute approximate surface area is 93.6 Å². The summed E-state index contributed by atoms with van der Waals surface area (Å²) in [6.07, 6.45) is 1.20. The van der Waals surface area contributed by atoms with Crippen molar-refractivity contribution in [1.29, 1.82) is 0 Å². The van der Waals surface area contributed by atoms with Crippen LogP contribution in [0, 0.1) is 5.92 Å². The number of hydrogen-bond acceptors (Lipinski definition) is 2. The lowest BCUT2D eigenvalue weighted by Crippen LogP contribution is -2.55. The number of amides is 1. The summed E-state index contributed by atoms with van der Waals surface area (Å²) in [5, 5.41) is 2.61. The molecule has 0 aromatic carbocycles. The molecule has 2 aliphatic heterocycles. The van der Waals surface area contributed by atoms with Gasteiger partial charge in [0.1, 0.15) is 5.92 Å². The molecule has 1 N–H and O–H groups in total. The maximum absolute atomic E-state index is 13.3. The molecule has 2 rings (SSSR count). The number of hydrogen-bond donors (Lipinski definition) is 1. The highest BCUT2D eigenvalue weighted by atomic mass is 35.5. The van der Waals surface area contributed by atoms with Gasteiger partial charge in [0, 0.05) is 13.1 Å². The van der Waals surface area contributed by atoms with Gasteiger partial charge in [-0.1, -0.05) is 0 Å². The minimum Gasteiger partial charge on any atom is -0.342 e. The molecule has 3 nitrogen and oxygen atoms in total. The van der Waals surface area contributed by atoms with E-state index < -0.39 is 11.8 Å². The quantitative estimate of drug-likeness (QED) is 0.738. The topological polar surface area (TPSA) is 32.3 Å². The van der Waals surface area contributed by atoms with Crippen molar-refractivity contribution in [3.63, 3.8) is 0 Å². The Morgan fingerprint density at radius 3 is 2.53 bits per heavy atom. The van der Waals surface area contributed by atoms with Gasteiger partial charge in [-0.15, -0.1) is 12.4 Å². The second kappa shape index (κ2) is 4.61. The molecule has 6 heteroatoms. The predicted octanol–water partition coefficient (Wildman–Crippen LogP) is 0.885. The number of carbonyl (C=O) groups is 1. The molecule has 1 amide bonds. The van der Waals surface area contributed by atoms with Crippen LogP contribution in [-0.4, -0.2) is 42.9 Å². The second-order valence-corrected chi connectivity index (χ2v) is 3.96. The van der Waals surface area contributed by atoms with Crippen molar-refractivity contribution in [2.75, 3.05) is 26.2 Å². The summed E-state index contributed by atoms with van der Waals surface area (Å²) in [4.78, 5) is 13.1. The van der Waals surface area contributed by atoms with Crippen LogP contribution in [0.2, 0.25) is 0 Å². The minimum absolute atomic E-state index is 0. The normalized spacial score (nSPS) is 28.9. The van der Waals surface area contributed by atoms with E-state index in [2.05, 4.69) is 5.32 Å². The smallest absolute Gasteiger partial charge is 0.271 e. The Kier molecular flexibility index (Phi) is 3.89. The molecular formula is C9H15ClF2N2O. The van der Waals surface area contributed by atoms with Gasteiger partial charge in [-0.25, -0.2) is 8.78 Å². The fourth-order valence-electron chi connectivity index (χ4n) is 1.90. The van der Waals surface area contributed by atoms with Crippen molar-refractivity contribution in [1.82, 2.24) is 10.2 Å². The third-order valence-electron chi connectivity index (χ3n) is 2.95. The molecule has 0 spiro atoms. The van der Waals surface area contributed by atoms with Gasteiger partial charge in [0.2, 0.25) is 5.91 Å². The Morgan fingerprint density at radius 1 is 1.40 bits per heavy atom. The molecule has 1 unspecified atom stereocenters. The lowest BCUT2D eigenvalue weighted by Gasteiger charge is -2.38. The average Bonchev–Trinajstić information content (AvgIpc) is 1.99. The summed E-state index contributed by atoms with van der Waals surface area (Å²) in [6.45, 7) is 1.45. The number of nitrogens with zero attached hydrogens (tertiary/aromatic N) is 1. The number of nitrogens with one attached hydrogen (secondary N) is 1. The van der Waals surface area contributed by atoms with Gasteiger partial charge in [-0.2, -0.15) is 0 Å². The van der Waals surface area contributed by atoms with E-state index in [1.165, 1.54) is 4.90 Å². The molecule has 0 aromatic heterocycles. The fourth-order valence-corrected chi connectivity index (χ4v) is 1.90. The summed E-state index contributed by atoms with van der Waals surface area (Å²) in [5.74, 6) is -4.32. The van der Waals surface area contributed by atoms with E-state index in [9.17, 15) is 13.6 Å². The average molecular weight is 241 g/mol. The molecule has 1 atom stereocenters. The van der Waals surface area contributed by atoms with E-state index >= 15 is 0 Å². The van der Waals surface area contributed by atoms with Gasteiger partial charge in [0.15, 0.2) is 0 Å². The maximum Gasteiger partial charge on any atom is 0.271 e. The van der Waals surface area contributed by atoms with Crippen LogP contribution >= 0.6 is 12.4 Å². The molecule has 15 heavy (non-hydrogen) atoms. The fraction of sp³-hybridized carbons (Fsp3) is 0.889. The van der Waals surface area contributed by atoms with Crippen molar-refractivity contribution in [2.24, 2.45) is 5.92 Å². The molecule has 2 saturated heterocycles. The molecule has 2 fully saturated rings. The summed E-state index contributed by atoms with van der Waals surface area (Å²) < 4.78 is 26.7. The first-order valence-electron chi connectivity index (χ1n) is 4.98. The Balaban J connectivity index is 0.00000112. The maximum atomic E-state index is 13.3. The molecular weight excluding hydrogens is 226 g/mol. The molecule has 0 radical (unpaired) electrons. The predicted molar refractivity (Wildman–Crippen MR) is 54.4 cm³/mol. The summed E-state index contributed by atoms with van der Waals surface area (Å²) in [5.41, 5.74) is 0. The number of piperidine rings is 1. The molecule has 0 saturated carbocycles. The molecule has 2 heterocycles. The van der Waals surface area contributed by atoms with Crippen LogP contribution < -0.4 is 5.32 Å². The van der Waals surface area contributed by atoms with Crippen molar-refractivity contribution in [3.05, 3.63) is 0 Å². The Hall–Kier alpha value is -0.420. The minimum atomic E-state index is -2.87. The SMILES string of the molecule is Cl.O=C(C1CCNCC1(F)F)N1CCC1. The number of halogens is 3. The Morgan fingerprint density at radius 2 is 2.07 bits per heavy atom. The monoisotopic (exact) mass is 240 g/mol. The summed E-state index contributed by atoms with van der Waals surface area (Å²) >= 11 is 0. The first-order valence-corrected chi connectivity index (χ1v) is 4.98. The highest BCUT2D eigenvalue weighted by molar-refractivity contribution is 5.85. The van der Waals surface area contributed by atoms with E-state index in [1.807, 2.05) is 0 Å². The number of likely N-dealkylation sites (tertiary alicyclic amines) is 1. The van der Waals surface area contributed by atoms with Crippen molar-refractivity contribution < 1.29 is 13.6 Å². The summed E-state index contributed by atoms with van der Waals surface area (Å²) in [7, 11) is 0. The molecule has 88 valence electrons. The van der Waals surface area contributed by atoms with Crippen molar-refractivity contribution in [3.8, 4) is 0 Å². The third kappa shape index (κ3) is 2.39. The standard InChI is InChI=1S/C9H14F2N2O.ClH/c10-9(11)6-12-3-2-7(9)8(14)13-4-1-5-13;/h7,12H,1-6H2;1H. The summed E-state index contributed by atoms with van der Waals surface area (Å²) in [6, 6.07) is 0. The Bertz CT molecular complexity index is 246.